The summed E-state index contributed by atoms with van der Waals surface area (Å²) >= 11 is 0.750. The molecule has 0 amide bonds. The molecule has 0 bridgehead atoms. The van der Waals surface area contributed by atoms with E-state index in [1.807, 2.05) is 0 Å². The van der Waals surface area contributed by atoms with Crippen molar-refractivity contribution in [3.8, 4) is 0 Å². The van der Waals surface area contributed by atoms with Crippen molar-refractivity contribution >= 4 is 7.82 Å². The molecular weight excluding hydrogens is 166 g/mol. The number of phosphoric acid groups is 1. The van der Waals surface area contributed by atoms with Crippen LogP contribution in [-0.2, 0) is 28.3 Å². The average molecular weight is 170 g/mol. The van der Waals surface area contributed by atoms with E-state index in [9.17, 15) is 0 Å². The predicted octanol–water partition coefficient (Wildman–Crippen LogP) is -3.93. The van der Waals surface area contributed by atoms with Crippen LogP contribution in [0.3, 0.4) is 0 Å². The molecule has 44 valence electrons. The van der Waals surface area contributed by atoms with Gasteiger partial charge < -0.3 is 16.1 Å². The molecule has 5 nitrogen and oxygen atoms in total. The van der Waals surface area contributed by atoms with Crippen LogP contribution in [0.15, 0.2) is 0 Å². The molecule has 0 aromatic carbocycles. The molecule has 0 saturated carbocycles. The van der Waals surface area contributed by atoms with Gasteiger partial charge in [-0.05, 0) is 0 Å². The Labute approximate surface area is 71.1 Å². The van der Waals surface area contributed by atoms with Crippen LogP contribution in [0.2, 0.25) is 0 Å². The Bertz CT molecular complexity index is 72.8. The molecular formula is H4LiO5PTi. The van der Waals surface area contributed by atoms with Gasteiger partial charge in [0.25, 0.3) is 0 Å². The molecule has 0 aromatic heterocycles. The molecule has 0 saturated heterocycles. The van der Waals surface area contributed by atoms with E-state index in [1.165, 1.54) is 0 Å². The van der Waals surface area contributed by atoms with Gasteiger partial charge >= 0.3 is 50.4 Å². The maximum absolute atomic E-state index is 8.88. The van der Waals surface area contributed by atoms with Gasteiger partial charge in [-0.25, -0.2) is 4.57 Å². The summed E-state index contributed by atoms with van der Waals surface area (Å²) in [5, 5.41) is 0. The van der Waals surface area contributed by atoms with Crippen molar-refractivity contribution in [2.24, 2.45) is 0 Å². The number of hydrogen-bond donors (Lipinski definition) is 3. The molecule has 0 aliphatic carbocycles. The first-order valence-electron chi connectivity index (χ1n) is 0.987. The average Bonchev–Trinajstić information content (AvgIpc) is 1.36. The van der Waals surface area contributed by atoms with Crippen LogP contribution in [0.5, 0.6) is 0 Å². The van der Waals surface area contributed by atoms with Crippen molar-refractivity contribution in [3.63, 3.8) is 0 Å². The summed E-state index contributed by atoms with van der Waals surface area (Å²) in [4.78, 5) is 21.6. The van der Waals surface area contributed by atoms with Crippen LogP contribution in [0, 0.1) is 0 Å². The van der Waals surface area contributed by atoms with Gasteiger partial charge in [0, 0.05) is 0 Å². The van der Waals surface area contributed by atoms with Crippen molar-refractivity contribution in [1.82, 2.24) is 0 Å². The molecule has 3 N–H and O–H groups in total. The van der Waals surface area contributed by atoms with E-state index in [0.29, 0.717) is 0 Å². The second-order valence-electron chi connectivity index (χ2n) is 0.513. The van der Waals surface area contributed by atoms with Gasteiger partial charge in [0.2, 0.25) is 0 Å². The third-order valence-corrected chi connectivity index (χ3v) is 0. The molecule has 0 fully saturated rings. The van der Waals surface area contributed by atoms with Gasteiger partial charge in [0.05, 0.1) is 0 Å². The normalized spacial score (nSPS) is 7.75. The van der Waals surface area contributed by atoms with Crippen LogP contribution < -0.4 is 18.9 Å². The Hall–Kier alpha value is 1.22. The molecule has 0 rings (SSSR count). The Morgan fingerprint density at radius 1 is 1.25 bits per heavy atom. The van der Waals surface area contributed by atoms with Crippen LogP contribution in [0.1, 0.15) is 1.43 Å². The van der Waals surface area contributed by atoms with Crippen LogP contribution in [-0.4, -0.2) is 14.7 Å². The molecule has 0 atom stereocenters. The molecule has 0 radical (unpaired) electrons. The molecule has 0 aromatic rings. The summed E-state index contributed by atoms with van der Waals surface area (Å²) in [6.07, 6.45) is 0. The molecule has 0 aliphatic heterocycles. The first-order valence-corrected chi connectivity index (χ1v) is 3.19. The summed E-state index contributed by atoms with van der Waals surface area (Å²) in [5.74, 6) is 0. The fourth-order valence-corrected chi connectivity index (χ4v) is 0. The minimum atomic E-state index is -4.64. The summed E-state index contributed by atoms with van der Waals surface area (Å²) < 4.78 is 17.1. The summed E-state index contributed by atoms with van der Waals surface area (Å²) in [5.41, 5.74) is 0. The van der Waals surface area contributed by atoms with E-state index in [0.717, 1.165) is 20.4 Å². The van der Waals surface area contributed by atoms with Gasteiger partial charge in [-0.3, -0.25) is 0 Å². The Balaban J connectivity index is -0.0000000286. The van der Waals surface area contributed by atoms with E-state index in [2.05, 4.69) is 0 Å². The number of hydrogen-bond acceptors (Lipinski definition) is 2. The maximum atomic E-state index is 8.88. The molecule has 0 aliphatic rings. The van der Waals surface area contributed by atoms with E-state index in [-0.39, 0.29) is 20.3 Å². The molecule has 8 heteroatoms. The van der Waals surface area contributed by atoms with Crippen molar-refractivity contribution in [1.29, 1.82) is 0 Å². The SMILES string of the molecule is O=P(O)(O)O.[H-].[Li+].[O]=[Ti]. The summed E-state index contributed by atoms with van der Waals surface area (Å²) in [6, 6.07) is 0. The van der Waals surface area contributed by atoms with Gasteiger partial charge in [0.1, 0.15) is 0 Å². The molecule has 0 heterocycles. The second kappa shape index (κ2) is 8.22. The molecule has 0 unspecified atom stereocenters. The summed E-state index contributed by atoms with van der Waals surface area (Å²) in [6.45, 7) is 0. The minimum absolute atomic E-state index is 0. The zero-order valence-electron chi connectivity index (χ0n) is 5.11. The molecule has 0 spiro atoms. The Morgan fingerprint density at radius 3 is 1.25 bits per heavy atom. The van der Waals surface area contributed by atoms with E-state index in [1.54, 1.807) is 0 Å². The van der Waals surface area contributed by atoms with Gasteiger partial charge in [-0.2, -0.15) is 0 Å². The second-order valence-corrected chi connectivity index (χ2v) is 1.54. The first kappa shape index (κ1) is 16.1. The van der Waals surface area contributed by atoms with Gasteiger partial charge in [0.15, 0.2) is 0 Å². The topological polar surface area (TPSA) is 94.8 Å². The quantitative estimate of drug-likeness (QED) is 0.255. The van der Waals surface area contributed by atoms with E-state index < -0.39 is 7.82 Å². The van der Waals surface area contributed by atoms with Crippen molar-refractivity contribution < 1.29 is 63.3 Å². The molecule has 8 heavy (non-hydrogen) atoms. The fraction of sp³-hybridized carbons (Fsp3) is 0. The number of rotatable bonds is 0. The third kappa shape index (κ3) is 187. The standard InChI is InChI=1S/Li.H3O4P.O.Ti.H/c;1-5(2,3)4;;;/h;(H3,1,2,3,4);;;/q+1;;;;-1. The van der Waals surface area contributed by atoms with Crippen LogP contribution in [0.25, 0.3) is 0 Å². The zero-order valence-corrected chi connectivity index (χ0v) is 6.56. The predicted molar refractivity (Wildman–Crippen MR) is 16.1 cm³/mol. The summed E-state index contributed by atoms with van der Waals surface area (Å²) in [7, 11) is -4.64. The Morgan fingerprint density at radius 2 is 1.25 bits per heavy atom. The van der Waals surface area contributed by atoms with E-state index in [4.69, 9.17) is 22.6 Å². The van der Waals surface area contributed by atoms with Crippen molar-refractivity contribution in [2.75, 3.05) is 0 Å². The fourth-order valence-electron chi connectivity index (χ4n) is 0. The zero-order chi connectivity index (χ0) is 6.50. The van der Waals surface area contributed by atoms with Crippen LogP contribution >= 0.6 is 7.82 Å². The van der Waals surface area contributed by atoms with Gasteiger partial charge in [-0.1, -0.05) is 0 Å². The Kier molecular flexibility index (Phi) is 16.5. The van der Waals surface area contributed by atoms with Crippen molar-refractivity contribution in [3.05, 3.63) is 0 Å². The monoisotopic (exact) mass is 170 g/mol. The van der Waals surface area contributed by atoms with E-state index >= 15 is 0 Å². The van der Waals surface area contributed by atoms with Crippen molar-refractivity contribution in [2.45, 2.75) is 0 Å². The van der Waals surface area contributed by atoms with Gasteiger partial charge in [-0.15, -0.1) is 0 Å². The van der Waals surface area contributed by atoms with Crippen LogP contribution in [0.4, 0.5) is 0 Å². The first-order chi connectivity index (χ1) is 3.00. The third-order valence-electron chi connectivity index (χ3n) is 0.